The minimum atomic E-state index is -0.613. The van der Waals surface area contributed by atoms with E-state index in [0.717, 1.165) is 44.1 Å². The van der Waals surface area contributed by atoms with Crippen molar-refractivity contribution in [2.75, 3.05) is 45.6 Å². The number of hydrogen-bond acceptors (Lipinski definition) is 7. The van der Waals surface area contributed by atoms with Gasteiger partial charge in [0.15, 0.2) is 17.5 Å². The Kier molecular flexibility index (Phi) is 7.77. The van der Waals surface area contributed by atoms with Crippen molar-refractivity contribution in [3.05, 3.63) is 64.7 Å². The van der Waals surface area contributed by atoms with Crippen LogP contribution in [0.25, 0.3) is 5.57 Å². The van der Waals surface area contributed by atoms with Crippen molar-refractivity contribution in [1.82, 2.24) is 19.8 Å². The molecule has 3 heterocycles. The van der Waals surface area contributed by atoms with Gasteiger partial charge < -0.3 is 20.1 Å². The van der Waals surface area contributed by atoms with Crippen LogP contribution in [-0.2, 0) is 4.74 Å². The number of methoxy groups -OCH3 is 1. The highest BCUT2D eigenvalue weighted by Crippen LogP contribution is 2.29. The summed E-state index contributed by atoms with van der Waals surface area (Å²) in [6, 6.07) is 5.00. The molecule has 0 spiro atoms. The Hall–Kier alpha value is -3.01. The molecule has 2 aliphatic rings. The van der Waals surface area contributed by atoms with E-state index in [1.165, 1.54) is 0 Å². The smallest absolute Gasteiger partial charge is 0.261 e. The fourth-order valence-corrected chi connectivity index (χ4v) is 4.21. The van der Waals surface area contributed by atoms with E-state index >= 15 is 0 Å². The van der Waals surface area contributed by atoms with Gasteiger partial charge in [-0.05, 0) is 37.9 Å². The second-order valence-electron chi connectivity index (χ2n) is 8.19. The second-order valence-corrected chi connectivity index (χ2v) is 8.62. The lowest BCUT2D eigenvalue weighted by Crippen LogP contribution is -2.34. The van der Waals surface area contributed by atoms with Gasteiger partial charge in [-0.15, -0.1) is 0 Å². The Morgan fingerprint density at radius 1 is 1.29 bits per heavy atom. The van der Waals surface area contributed by atoms with Gasteiger partial charge >= 0.3 is 0 Å². The summed E-state index contributed by atoms with van der Waals surface area (Å²) in [5.41, 5.74) is 7.67. The molecule has 0 fully saturated rings. The predicted molar refractivity (Wildman–Crippen MR) is 128 cm³/mol. The molecule has 1 aromatic heterocycles. The zero-order valence-corrected chi connectivity index (χ0v) is 19.7. The quantitative estimate of drug-likeness (QED) is 0.567. The van der Waals surface area contributed by atoms with E-state index in [9.17, 15) is 9.18 Å². The van der Waals surface area contributed by atoms with Crippen LogP contribution in [0.1, 0.15) is 35.4 Å². The molecule has 34 heavy (non-hydrogen) atoms. The van der Waals surface area contributed by atoms with Gasteiger partial charge in [0, 0.05) is 43.4 Å². The van der Waals surface area contributed by atoms with Crippen LogP contribution in [0, 0.1) is 5.82 Å². The molecular formula is C24H27ClFN5O3. The molecule has 0 radical (unpaired) electrons. The van der Waals surface area contributed by atoms with Crippen LogP contribution in [0.15, 0.2) is 42.4 Å². The van der Waals surface area contributed by atoms with Crippen molar-refractivity contribution in [1.29, 1.82) is 0 Å². The van der Waals surface area contributed by atoms with Gasteiger partial charge in [0.1, 0.15) is 12.0 Å². The number of halogens is 2. The topological polar surface area (TPSA) is 93.8 Å². The van der Waals surface area contributed by atoms with Crippen LogP contribution >= 0.6 is 11.6 Å². The Morgan fingerprint density at radius 2 is 2.12 bits per heavy atom. The summed E-state index contributed by atoms with van der Waals surface area (Å²) in [6.07, 6.45) is 7.28. The van der Waals surface area contributed by atoms with Crippen molar-refractivity contribution < 1.29 is 18.7 Å². The summed E-state index contributed by atoms with van der Waals surface area (Å²) in [6.45, 7) is 3.23. The molecule has 2 aromatic rings. The lowest BCUT2D eigenvalue weighted by Gasteiger charge is -2.27. The van der Waals surface area contributed by atoms with E-state index < -0.39 is 5.82 Å². The molecule has 0 saturated heterocycles. The van der Waals surface area contributed by atoms with Crippen LogP contribution in [0.2, 0.25) is 5.02 Å². The lowest BCUT2D eigenvalue weighted by atomic mass is 10.1. The number of fused-ring (bicyclic) bond motifs is 1. The number of unbranched alkanes of at least 4 members (excludes halogenated alkanes) is 1. The fourth-order valence-electron chi connectivity index (χ4n) is 4.05. The summed E-state index contributed by atoms with van der Waals surface area (Å²) in [5.74, 6) is 0.00874. The Labute approximate surface area is 202 Å². The van der Waals surface area contributed by atoms with Gasteiger partial charge in [-0.2, -0.15) is 0 Å². The minimum Gasteiger partial charge on any atom is -0.462 e. The number of nitrogens with two attached hydrogens (primary N) is 1. The number of rotatable bonds is 8. The third-order valence-electron chi connectivity index (χ3n) is 5.77. The molecule has 2 aliphatic heterocycles. The second kappa shape index (κ2) is 10.9. The molecule has 0 atom stereocenters. The molecule has 180 valence electrons. The van der Waals surface area contributed by atoms with Crippen molar-refractivity contribution >= 4 is 28.9 Å². The average molecular weight is 488 g/mol. The maximum Gasteiger partial charge on any atom is 0.261 e. The van der Waals surface area contributed by atoms with E-state index in [4.69, 9.17) is 26.8 Å². The molecule has 0 saturated carbocycles. The van der Waals surface area contributed by atoms with E-state index in [0.29, 0.717) is 40.9 Å². The highest BCUT2D eigenvalue weighted by atomic mass is 35.5. The molecule has 1 aromatic carbocycles. The average Bonchev–Trinajstić information content (AvgIpc) is 2.95. The van der Waals surface area contributed by atoms with Crippen molar-refractivity contribution in [3.8, 4) is 5.75 Å². The molecule has 2 N–H and O–H groups in total. The molecular weight excluding hydrogens is 461 g/mol. The van der Waals surface area contributed by atoms with Crippen molar-refractivity contribution in [2.45, 2.75) is 19.3 Å². The van der Waals surface area contributed by atoms with Gasteiger partial charge in [0.05, 0.1) is 24.1 Å². The number of anilines is 1. The monoisotopic (exact) mass is 487 g/mol. The van der Waals surface area contributed by atoms with Crippen LogP contribution in [0.5, 0.6) is 5.75 Å². The third kappa shape index (κ3) is 5.55. The zero-order valence-electron chi connectivity index (χ0n) is 19.0. The Balaban J connectivity index is 1.34. The van der Waals surface area contributed by atoms with Crippen molar-refractivity contribution in [3.63, 3.8) is 0 Å². The molecule has 0 bridgehead atoms. The summed E-state index contributed by atoms with van der Waals surface area (Å²) in [7, 11) is 1.58. The molecule has 10 heteroatoms. The van der Waals surface area contributed by atoms with Gasteiger partial charge in [-0.3, -0.25) is 9.69 Å². The Morgan fingerprint density at radius 3 is 2.91 bits per heavy atom. The highest BCUT2D eigenvalue weighted by Gasteiger charge is 2.26. The van der Waals surface area contributed by atoms with Gasteiger partial charge in [-0.25, -0.2) is 14.4 Å². The number of carbonyl (C=O) groups excluding carboxylic acids is 1. The maximum atomic E-state index is 13.4. The first-order valence-electron chi connectivity index (χ1n) is 11.1. The van der Waals surface area contributed by atoms with Gasteiger partial charge in [0.25, 0.3) is 5.91 Å². The predicted octanol–water partition coefficient (Wildman–Crippen LogP) is 3.74. The van der Waals surface area contributed by atoms with Gasteiger partial charge in [-0.1, -0.05) is 17.7 Å². The number of benzene rings is 1. The van der Waals surface area contributed by atoms with Crippen LogP contribution < -0.4 is 10.5 Å². The first-order chi connectivity index (χ1) is 16.5. The van der Waals surface area contributed by atoms with Crippen LogP contribution in [0.4, 0.5) is 10.2 Å². The van der Waals surface area contributed by atoms with E-state index in [1.54, 1.807) is 36.5 Å². The molecule has 4 rings (SSSR count). The SMILES string of the molecule is COCC1=COc2cc(Cl)ccc2C(=O)N1CCCCN1CCC=C(c2ncc(F)c(N)n2)C1. The first-order valence-corrected chi connectivity index (χ1v) is 11.5. The van der Waals surface area contributed by atoms with E-state index in [1.807, 2.05) is 0 Å². The highest BCUT2D eigenvalue weighted by molar-refractivity contribution is 6.30. The molecule has 0 unspecified atom stereocenters. The lowest BCUT2D eigenvalue weighted by molar-refractivity contribution is 0.0771. The minimum absolute atomic E-state index is 0.137. The van der Waals surface area contributed by atoms with Crippen LogP contribution in [-0.4, -0.2) is 65.6 Å². The van der Waals surface area contributed by atoms with Crippen molar-refractivity contribution in [2.24, 2.45) is 0 Å². The number of aromatic nitrogens is 2. The summed E-state index contributed by atoms with van der Waals surface area (Å²) in [5, 5.41) is 0.505. The van der Waals surface area contributed by atoms with E-state index in [2.05, 4.69) is 20.9 Å². The summed E-state index contributed by atoms with van der Waals surface area (Å²) in [4.78, 5) is 25.4. The van der Waals surface area contributed by atoms with Crippen LogP contribution in [0.3, 0.4) is 0 Å². The van der Waals surface area contributed by atoms with Gasteiger partial charge in [0.2, 0.25) is 0 Å². The third-order valence-corrected chi connectivity index (χ3v) is 6.01. The Bertz CT molecular complexity index is 1120. The number of ether oxygens (including phenoxy) is 2. The maximum absolute atomic E-state index is 13.4. The zero-order chi connectivity index (χ0) is 24.1. The standard InChI is InChI=1S/C24H27ClFN5O3/c1-33-14-18-15-34-21-11-17(25)6-7-19(21)24(32)31(18)10-3-2-8-30-9-4-5-16(13-30)23-28-12-20(26)22(27)29-23/h5-7,11-12,15H,2-4,8-10,13-14H2,1H3,(H2,27,28,29). The molecule has 8 nitrogen and oxygen atoms in total. The summed E-state index contributed by atoms with van der Waals surface area (Å²) < 4.78 is 24.4. The fraction of sp³-hybridized carbons (Fsp3) is 0.375. The largest absolute Gasteiger partial charge is 0.462 e. The normalized spacial score (nSPS) is 16.4. The summed E-state index contributed by atoms with van der Waals surface area (Å²) >= 11 is 6.06. The molecule has 1 amide bonds. The number of nitrogen functional groups attached to an aromatic ring is 1. The van der Waals surface area contributed by atoms with E-state index in [-0.39, 0.29) is 18.3 Å². The number of nitrogens with zero attached hydrogens (tertiary/aromatic N) is 4. The number of hydrogen-bond donors (Lipinski definition) is 1. The number of carbonyl (C=O) groups is 1. The number of amides is 1. The molecule has 0 aliphatic carbocycles. The first kappa shape index (κ1) is 24.1.